The highest BCUT2D eigenvalue weighted by Crippen LogP contribution is 2.08. The number of benzene rings is 1. The maximum absolute atomic E-state index is 3.94. The fourth-order valence-electron chi connectivity index (χ4n) is 1.99. The molecule has 2 N–H and O–H groups in total. The summed E-state index contributed by atoms with van der Waals surface area (Å²) in [4.78, 5) is 0. The van der Waals surface area contributed by atoms with Gasteiger partial charge in [-0.05, 0) is 32.0 Å². The second kappa shape index (κ2) is 6.89. The van der Waals surface area contributed by atoms with Crippen LogP contribution in [-0.2, 0) is 7.05 Å². The molecule has 0 aliphatic carbocycles. The smallest absolute Gasteiger partial charge is 0.0750 e. The third-order valence-electron chi connectivity index (χ3n) is 3.10. The molecule has 0 radical (unpaired) electrons. The summed E-state index contributed by atoms with van der Waals surface area (Å²) in [6, 6.07) is 10.5. The number of hydrogen-bond acceptors (Lipinski definition) is 4. The van der Waals surface area contributed by atoms with Gasteiger partial charge in [0.15, 0.2) is 0 Å². The quantitative estimate of drug-likeness (QED) is 0.746. The number of hydrogen-bond donors (Lipinski definition) is 2. The van der Waals surface area contributed by atoms with Gasteiger partial charge in [-0.2, -0.15) is 0 Å². The Hall–Kier alpha value is -1.88. The van der Waals surface area contributed by atoms with Crippen molar-refractivity contribution in [1.29, 1.82) is 0 Å². The number of anilines is 1. The fraction of sp³-hybridized carbons (Fsp3) is 0.429. The van der Waals surface area contributed by atoms with E-state index >= 15 is 0 Å². The first-order valence-electron chi connectivity index (χ1n) is 6.64. The summed E-state index contributed by atoms with van der Waals surface area (Å²) in [5, 5.41) is 14.7. The van der Waals surface area contributed by atoms with Gasteiger partial charge in [-0.1, -0.05) is 23.4 Å². The Bertz CT molecular complexity index is 480. The summed E-state index contributed by atoms with van der Waals surface area (Å²) in [7, 11) is 1.91. The first-order valence-corrected chi connectivity index (χ1v) is 6.64. The largest absolute Gasteiger partial charge is 0.385 e. The van der Waals surface area contributed by atoms with Gasteiger partial charge in [0.25, 0.3) is 0 Å². The van der Waals surface area contributed by atoms with Crippen LogP contribution >= 0.6 is 0 Å². The van der Waals surface area contributed by atoms with Crippen molar-refractivity contribution >= 4 is 5.69 Å². The zero-order valence-electron chi connectivity index (χ0n) is 11.5. The molecule has 2 aromatic rings. The maximum Gasteiger partial charge on any atom is 0.0750 e. The lowest BCUT2D eigenvalue weighted by atomic mass is 10.2. The summed E-state index contributed by atoms with van der Waals surface area (Å²) in [6.07, 6.45) is 2.88. The standard InChI is InChI=1S/C14H21N5/c1-12(14-11-17-18-19(14)2)15-9-6-10-16-13-7-4-3-5-8-13/h3-5,7-8,11-12,15-16H,6,9-10H2,1-2H3/t12-/m0/s1. The van der Waals surface area contributed by atoms with Gasteiger partial charge < -0.3 is 10.6 Å². The third kappa shape index (κ3) is 4.06. The predicted molar refractivity (Wildman–Crippen MR) is 77.0 cm³/mol. The van der Waals surface area contributed by atoms with Crippen molar-refractivity contribution < 1.29 is 0 Å². The molecule has 102 valence electrons. The lowest BCUT2D eigenvalue weighted by molar-refractivity contribution is 0.523. The van der Waals surface area contributed by atoms with Crippen LogP contribution in [0.2, 0.25) is 0 Å². The molecule has 1 atom stereocenters. The SMILES string of the molecule is C[C@H](NCCCNc1ccccc1)c1cnnn1C. The number of para-hydroxylation sites is 1. The minimum absolute atomic E-state index is 0.275. The third-order valence-corrected chi connectivity index (χ3v) is 3.10. The number of nitrogens with zero attached hydrogens (tertiary/aromatic N) is 3. The molecule has 0 aliphatic rings. The molecular weight excluding hydrogens is 238 g/mol. The van der Waals surface area contributed by atoms with Gasteiger partial charge in [0.1, 0.15) is 0 Å². The molecule has 1 heterocycles. The molecule has 0 spiro atoms. The molecule has 2 rings (SSSR count). The second-order valence-electron chi connectivity index (χ2n) is 4.60. The minimum atomic E-state index is 0.275. The van der Waals surface area contributed by atoms with Crippen molar-refractivity contribution in [2.75, 3.05) is 18.4 Å². The van der Waals surface area contributed by atoms with E-state index in [0.717, 1.165) is 25.2 Å². The second-order valence-corrected chi connectivity index (χ2v) is 4.60. The van der Waals surface area contributed by atoms with Crippen LogP contribution in [0, 0.1) is 0 Å². The first kappa shape index (κ1) is 13.5. The highest BCUT2D eigenvalue weighted by Gasteiger charge is 2.08. The molecule has 0 fully saturated rings. The van der Waals surface area contributed by atoms with Crippen LogP contribution in [0.1, 0.15) is 25.1 Å². The molecule has 5 heteroatoms. The van der Waals surface area contributed by atoms with Crippen LogP contribution in [-0.4, -0.2) is 28.1 Å². The molecule has 0 bridgehead atoms. The van der Waals surface area contributed by atoms with Gasteiger partial charge in [0.2, 0.25) is 0 Å². The Morgan fingerprint density at radius 3 is 2.68 bits per heavy atom. The van der Waals surface area contributed by atoms with Crippen LogP contribution in [0.4, 0.5) is 5.69 Å². The summed E-state index contributed by atoms with van der Waals surface area (Å²) >= 11 is 0. The Morgan fingerprint density at radius 1 is 1.21 bits per heavy atom. The highest BCUT2D eigenvalue weighted by molar-refractivity contribution is 5.42. The molecular formula is C14H21N5. The van der Waals surface area contributed by atoms with Gasteiger partial charge in [-0.3, -0.25) is 4.68 Å². The molecule has 0 amide bonds. The lowest BCUT2D eigenvalue weighted by Gasteiger charge is -2.13. The Morgan fingerprint density at radius 2 is 2.00 bits per heavy atom. The molecule has 0 unspecified atom stereocenters. The molecule has 0 aliphatic heterocycles. The molecule has 19 heavy (non-hydrogen) atoms. The van der Waals surface area contributed by atoms with Crippen LogP contribution in [0.5, 0.6) is 0 Å². The van der Waals surface area contributed by atoms with E-state index in [1.807, 2.05) is 25.2 Å². The Labute approximate surface area is 114 Å². The first-order chi connectivity index (χ1) is 9.27. The average molecular weight is 259 g/mol. The topological polar surface area (TPSA) is 54.8 Å². The number of aryl methyl sites for hydroxylation is 1. The molecule has 0 saturated heterocycles. The highest BCUT2D eigenvalue weighted by atomic mass is 15.4. The summed E-state index contributed by atoms with van der Waals surface area (Å²) in [5.41, 5.74) is 2.28. The zero-order chi connectivity index (χ0) is 13.5. The van der Waals surface area contributed by atoms with Crippen LogP contribution in [0.25, 0.3) is 0 Å². The molecule has 1 aromatic heterocycles. The van der Waals surface area contributed by atoms with Gasteiger partial charge in [0, 0.05) is 25.3 Å². The number of aromatic nitrogens is 3. The Kier molecular flexibility index (Phi) is 4.92. The molecule has 5 nitrogen and oxygen atoms in total. The Balaban J connectivity index is 1.63. The van der Waals surface area contributed by atoms with Gasteiger partial charge in [-0.25, -0.2) is 0 Å². The van der Waals surface area contributed by atoms with E-state index in [1.54, 1.807) is 10.9 Å². The van der Waals surface area contributed by atoms with E-state index < -0.39 is 0 Å². The molecule has 0 saturated carbocycles. The lowest BCUT2D eigenvalue weighted by Crippen LogP contribution is -2.23. The van der Waals surface area contributed by atoms with E-state index in [4.69, 9.17) is 0 Å². The van der Waals surface area contributed by atoms with Gasteiger partial charge >= 0.3 is 0 Å². The van der Waals surface area contributed by atoms with Crippen molar-refractivity contribution in [2.45, 2.75) is 19.4 Å². The summed E-state index contributed by atoms with van der Waals surface area (Å²) in [5.74, 6) is 0. The van der Waals surface area contributed by atoms with Crippen molar-refractivity contribution in [3.05, 3.63) is 42.2 Å². The summed E-state index contributed by atoms with van der Waals surface area (Å²) in [6.45, 7) is 4.06. The van der Waals surface area contributed by atoms with Gasteiger partial charge in [-0.15, -0.1) is 5.10 Å². The van der Waals surface area contributed by atoms with Gasteiger partial charge in [0.05, 0.1) is 11.9 Å². The van der Waals surface area contributed by atoms with Crippen LogP contribution in [0.15, 0.2) is 36.5 Å². The van der Waals surface area contributed by atoms with E-state index in [1.165, 1.54) is 5.69 Å². The monoisotopic (exact) mass is 259 g/mol. The van der Waals surface area contributed by atoms with E-state index in [9.17, 15) is 0 Å². The van der Waals surface area contributed by atoms with Crippen molar-refractivity contribution in [2.24, 2.45) is 7.05 Å². The number of nitrogens with one attached hydrogen (secondary N) is 2. The van der Waals surface area contributed by atoms with Crippen molar-refractivity contribution in [3.8, 4) is 0 Å². The van der Waals surface area contributed by atoms with Crippen molar-refractivity contribution in [3.63, 3.8) is 0 Å². The maximum atomic E-state index is 3.94. The van der Waals surface area contributed by atoms with Crippen LogP contribution < -0.4 is 10.6 Å². The normalized spacial score (nSPS) is 12.3. The predicted octanol–water partition coefficient (Wildman–Crippen LogP) is 1.97. The van der Waals surface area contributed by atoms with E-state index in [2.05, 4.69) is 40.0 Å². The summed E-state index contributed by atoms with van der Waals surface area (Å²) < 4.78 is 1.81. The fourth-order valence-corrected chi connectivity index (χ4v) is 1.99. The van der Waals surface area contributed by atoms with E-state index in [-0.39, 0.29) is 6.04 Å². The minimum Gasteiger partial charge on any atom is -0.385 e. The zero-order valence-corrected chi connectivity index (χ0v) is 11.5. The average Bonchev–Trinajstić information content (AvgIpc) is 2.86. The van der Waals surface area contributed by atoms with Crippen LogP contribution in [0.3, 0.4) is 0 Å². The van der Waals surface area contributed by atoms with E-state index in [0.29, 0.717) is 0 Å². The van der Waals surface area contributed by atoms with Crippen molar-refractivity contribution in [1.82, 2.24) is 20.3 Å². The number of rotatable bonds is 7. The molecule has 1 aromatic carbocycles.